The molecule has 3 aliphatic rings. The zero-order valence-electron chi connectivity index (χ0n) is 19.5. The Kier molecular flexibility index (Phi) is 7.29. The molecule has 1 aliphatic carbocycles. The van der Waals surface area contributed by atoms with Crippen LogP contribution in [0.4, 0.5) is 13.2 Å². The van der Waals surface area contributed by atoms with E-state index in [1.54, 1.807) is 6.20 Å². The summed E-state index contributed by atoms with van der Waals surface area (Å²) in [6.07, 6.45) is -0.676. The van der Waals surface area contributed by atoms with Gasteiger partial charge in [0.25, 0.3) is 0 Å². The van der Waals surface area contributed by atoms with E-state index in [1.165, 1.54) is 0 Å². The summed E-state index contributed by atoms with van der Waals surface area (Å²) in [5.41, 5.74) is 1.16. The van der Waals surface area contributed by atoms with Gasteiger partial charge < -0.3 is 14.5 Å². The molecule has 0 N–H and O–H groups in total. The number of ether oxygens (including phenoxy) is 1. The van der Waals surface area contributed by atoms with Crippen LogP contribution in [0.25, 0.3) is 0 Å². The Morgan fingerprint density at radius 2 is 1.94 bits per heavy atom. The van der Waals surface area contributed by atoms with E-state index in [4.69, 9.17) is 4.74 Å². The lowest BCUT2D eigenvalue weighted by atomic mass is 9.73. The van der Waals surface area contributed by atoms with E-state index < -0.39 is 29.6 Å². The summed E-state index contributed by atoms with van der Waals surface area (Å²) in [6, 6.07) is 0.837. The number of rotatable bonds is 4. The van der Waals surface area contributed by atoms with Crippen molar-refractivity contribution in [3.05, 3.63) is 28.0 Å². The number of fused-ring (bicyclic) bond motifs is 1. The maximum atomic E-state index is 13.9. The summed E-state index contributed by atoms with van der Waals surface area (Å²) in [7, 11) is 0. The standard InChI is InChI=1S/C24H31BrF3N3O3/c1-15(2)23(21(32)30-8-4-20-16(14-30)11-17(25)13-29-20)7-3-19(12-23)31(22(33)24(26,27)28)18-5-9-34-10-6-18/h11,13,15,18-19H,3-10,12,14H2,1-2H3/t19-,23+/m1/s1. The van der Waals surface area contributed by atoms with Crippen molar-refractivity contribution < 1.29 is 27.5 Å². The summed E-state index contributed by atoms with van der Waals surface area (Å²) < 4.78 is 46.9. The topological polar surface area (TPSA) is 62.7 Å². The third-order valence-corrected chi connectivity index (χ3v) is 8.24. The van der Waals surface area contributed by atoms with Gasteiger partial charge in [0.2, 0.25) is 5.91 Å². The zero-order chi connectivity index (χ0) is 24.7. The van der Waals surface area contributed by atoms with Gasteiger partial charge in [-0.3, -0.25) is 14.6 Å². The second kappa shape index (κ2) is 9.76. The molecule has 0 bridgehead atoms. The highest BCUT2D eigenvalue weighted by Gasteiger charge is 2.55. The van der Waals surface area contributed by atoms with Crippen LogP contribution in [0.3, 0.4) is 0 Å². The molecular weight excluding hydrogens is 515 g/mol. The van der Waals surface area contributed by atoms with E-state index in [0.717, 1.165) is 20.6 Å². The van der Waals surface area contributed by atoms with E-state index in [2.05, 4.69) is 20.9 Å². The molecule has 34 heavy (non-hydrogen) atoms. The second-order valence-corrected chi connectivity index (χ2v) is 10.9. The number of aromatic nitrogens is 1. The van der Waals surface area contributed by atoms with Crippen molar-refractivity contribution in [2.24, 2.45) is 11.3 Å². The average Bonchev–Trinajstić information content (AvgIpc) is 3.24. The van der Waals surface area contributed by atoms with Crippen molar-refractivity contribution in [3.8, 4) is 0 Å². The number of halogens is 4. The monoisotopic (exact) mass is 545 g/mol. The minimum atomic E-state index is -4.94. The molecule has 2 atom stereocenters. The maximum Gasteiger partial charge on any atom is 0.471 e. The zero-order valence-corrected chi connectivity index (χ0v) is 21.1. The number of hydrogen-bond acceptors (Lipinski definition) is 4. The molecule has 0 spiro atoms. The molecule has 3 heterocycles. The van der Waals surface area contributed by atoms with Gasteiger partial charge in [-0.05, 0) is 65.6 Å². The number of pyridine rings is 1. The third-order valence-electron chi connectivity index (χ3n) is 7.80. The van der Waals surface area contributed by atoms with E-state index in [0.29, 0.717) is 58.4 Å². The molecule has 2 aliphatic heterocycles. The van der Waals surface area contributed by atoms with Crippen LogP contribution in [0.1, 0.15) is 57.2 Å². The minimum Gasteiger partial charge on any atom is -0.381 e. The summed E-state index contributed by atoms with van der Waals surface area (Å²) in [5.74, 6) is -1.88. The molecule has 2 amide bonds. The van der Waals surface area contributed by atoms with Gasteiger partial charge in [0, 0.05) is 61.2 Å². The second-order valence-electron chi connectivity index (χ2n) is 10.00. The van der Waals surface area contributed by atoms with Crippen LogP contribution in [-0.4, -0.2) is 64.6 Å². The normalized spacial score (nSPS) is 26.0. The molecule has 188 valence electrons. The first kappa shape index (κ1) is 25.4. The molecular formula is C24H31BrF3N3O3. The summed E-state index contributed by atoms with van der Waals surface area (Å²) in [5, 5.41) is 0. The number of carbonyl (C=O) groups excluding carboxylic acids is 2. The van der Waals surface area contributed by atoms with Gasteiger partial charge in [0.15, 0.2) is 0 Å². The number of amides is 2. The number of carbonyl (C=O) groups is 2. The van der Waals surface area contributed by atoms with Crippen molar-refractivity contribution in [1.29, 1.82) is 0 Å². The van der Waals surface area contributed by atoms with Crippen LogP contribution < -0.4 is 0 Å². The minimum absolute atomic E-state index is 0.0259. The van der Waals surface area contributed by atoms with Gasteiger partial charge in [-0.2, -0.15) is 13.2 Å². The van der Waals surface area contributed by atoms with E-state index in [1.807, 2.05) is 24.8 Å². The molecule has 1 saturated carbocycles. The molecule has 1 aromatic rings. The molecule has 0 radical (unpaired) electrons. The Morgan fingerprint density at radius 3 is 2.59 bits per heavy atom. The molecule has 1 saturated heterocycles. The van der Waals surface area contributed by atoms with E-state index >= 15 is 0 Å². The fraction of sp³-hybridized carbons (Fsp3) is 0.708. The fourth-order valence-corrected chi connectivity index (χ4v) is 6.26. The summed E-state index contributed by atoms with van der Waals surface area (Å²) in [6.45, 7) is 5.56. The van der Waals surface area contributed by atoms with E-state index in [9.17, 15) is 22.8 Å². The number of nitrogens with zero attached hydrogens (tertiary/aromatic N) is 3. The van der Waals surface area contributed by atoms with Crippen LogP contribution in [-0.2, 0) is 27.3 Å². The van der Waals surface area contributed by atoms with Crippen molar-refractivity contribution in [2.45, 2.75) is 77.2 Å². The highest BCUT2D eigenvalue weighted by atomic mass is 79.9. The molecule has 10 heteroatoms. The molecule has 2 fully saturated rings. The lowest BCUT2D eigenvalue weighted by Crippen LogP contribution is -2.54. The van der Waals surface area contributed by atoms with Crippen molar-refractivity contribution in [2.75, 3.05) is 19.8 Å². The third kappa shape index (κ3) is 4.85. The molecule has 1 aromatic heterocycles. The van der Waals surface area contributed by atoms with Crippen molar-refractivity contribution in [1.82, 2.24) is 14.8 Å². The average molecular weight is 546 g/mol. The first-order chi connectivity index (χ1) is 16.0. The lowest BCUT2D eigenvalue weighted by molar-refractivity contribution is -0.192. The number of hydrogen-bond donors (Lipinski definition) is 0. The summed E-state index contributed by atoms with van der Waals surface area (Å²) in [4.78, 5) is 33.8. The Hall–Kier alpha value is -1.68. The van der Waals surface area contributed by atoms with Gasteiger partial charge in [-0.25, -0.2) is 0 Å². The van der Waals surface area contributed by atoms with Gasteiger partial charge in [-0.15, -0.1) is 0 Å². The smallest absolute Gasteiger partial charge is 0.381 e. The predicted molar refractivity (Wildman–Crippen MR) is 123 cm³/mol. The van der Waals surface area contributed by atoms with Crippen LogP contribution in [0, 0.1) is 11.3 Å². The van der Waals surface area contributed by atoms with Crippen LogP contribution in [0.15, 0.2) is 16.7 Å². The Labute approximate surface area is 206 Å². The Balaban J connectivity index is 1.58. The molecule has 4 rings (SSSR count). The molecule has 6 nitrogen and oxygen atoms in total. The van der Waals surface area contributed by atoms with Gasteiger partial charge in [-0.1, -0.05) is 13.8 Å². The number of alkyl halides is 3. The Bertz CT molecular complexity index is 936. The predicted octanol–water partition coefficient (Wildman–Crippen LogP) is 4.49. The summed E-state index contributed by atoms with van der Waals surface area (Å²) >= 11 is 3.43. The van der Waals surface area contributed by atoms with Crippen molar-refractivity contribution >= 4 is 27.7 Å². The van der Waals surface area contributed by atoms with Gasteiger partial charge in [0.05, 0.1) is 5.41 Å². The van der Waals surface area contributed by atoms with Crippen LogP contribution in [0.5, 0.6) is 0 Å². The molecule has 0 aromatic carbocycles. The maximum absolute atomic E-state index is 13.9. The molecule has 0 unspecified atom stereocenters. The lowest BCUT2D eigenvalue weighted by Gasteiger charge is -2.42. The quantitative estimate of drug-likeness (QED) is 0.559. The first-order valence-electron chi connectivity index (χ1n) is 11.9. The Morgan fingerprint density at radius 1 is 1.24 bits per heavy atom. The van der Waals surface area contributed by atoms with Crippen LogP contribution in [0.2, 0.25) is 0 Å². The SMILES string of the molecule is CC(C)[C@]1(C(=O)N2CCc3ncc(Br)cc3C2)CC[C@@H](N(C(=O)C(F)(F)F)C2CCOCC2)C1. The van der Waals surface area contributed by atoms with Crippen molar-refractivity contribution in [3.63, 3.8) is 0 Å². The fourth-order valence-electron chi connectivity index (χ4n) is 5.88. The van der Waals surface area contributed by atoms with Crippen LogP contribution >= 0.6 is 15.9 Å². The first-order valence-corrected chi connectivity index (χ1v) is 12.7. The van der Waals surface area contributed by atoms with Gasteiger partial charge in [0.1, 0.15) is 0 Å². The van der Waals surface area contributed by atoms with Gasteiger partial charge >= 0.3 is 12.1 Å². The largest absolute Gasteiger partial charge is 0.471 e. The highest BCUT2D eigenvalue weighted by Crippen LogP contribution is 2.49. The van der Waals surface area contributed by atoms with E-state index in [-0.39, 0.29) is 18.2 Å². The highest BCUT2D eigenvalue weighted by molar-refractivity contribution is 9.10.